The third-order valence-corrected chi connectivity index (χ3v) is 5.56. The van der Waals surface area contributed by atoms with Crippen LogP contribution in [0.1, 0.15) is 33.6 Å². The van der Waals surface area contributed by atoms with E-state index in [4.69, 9.17) is 20.6 Å². The minimum absolute atomic E-state index is 0.0124. The second-order valence-corrected chi connectivity index (χ2v) is 7.67. The fraction of sp³-hybridized carbons (Fsp3) is 0.333. The summed E-state index contributed by atoms with van der Waals surface area (Å²) in [6.45, 7) is 0.0124. The average molecular weight is 460 g/mol. The fourth-order valence-electron chi connectivity index (χ4n) is 3.97. The van der Waals surface area contributed by atoms with Gasteiger partial charge in [0.05, 0.1) is 12.2 Å². The molecule has 4 rings (SSSR count). The number of amides is 1. The van der Waals surface area contributed by atoms with Gasteiger partial charge in [-0.2, -0.15) is 5.26 Å². The molecule has 1 fully saturated rings. The number of rotatable bonds is 6. The number of methoxy groups -OCH3 is 1. The number of halogens is 3. The molecule has 0 spiro atoms. The maximum absolute atomic E-state index is 14.8. The summed E-state index contributed by atoms with van der Waals surface area (Å²) in [4.78, 5) is 25.6. The topological polar surface area (TPSA) is 135 Å². The van der Waals surface area contributed by atoms with Crippen LogP contribution in [0.15, 0.2) is 35.5 Å². The maximum Gasteiger partial charge on any atom is 0.303 e. The number of anilines is 1. The van der Waals surface area contributed by atoms with E-state index in [9.17, 15) is 18.0 Å². The van der Waals surface area contributed by atoms with Crippen LogP contribution in [-0.4, -0.2) is 36.5 Å². The van der Waals surface area contributed by atoms with Crippen LogP contribution in [0.3, 0.4) is 0 Å². The molecule has 33 heavy (non-hydrogen) atoms. The molecular weight excluding hydrogens is 441 g/mol. The molecule has 2 heterocycles. The number of carbonyl (C=O) groups excluding carboxylic acids is 1. The van der Waals surface area contributed by atoms with Crippen molar-refractivity contribution in [1.29, 1.82) is 5.26 Å². The van der Waals surface area contributed by atoms with Gasteiger partial charge in [-0.05, 0) is 30.7 Å². The van der Waals surface area contributed by atoms with Crippen LogP contribution in [0, 0.1) is 23.1 Å². The van der Waals surface area contributed by atoms with E-state index in [0.29, 0.717) is 5.56 Å². The summed E-state index contributed by atoms with van der Waals surface area (Å²) in [6, 6.07) is 5.68. The van der Waals surface area contributed by atoms with Gasteiger partial charge in [0, 0.05) is 42.1 Å². The van der Waals surface area contributed by atoms with Crippen molar-refractivity contribution in [2.45, 2.75) is 31.0 Å². The highest BCUT2D eigenvalue weighted by atomic mass is 19.3. The van der Waals surface area contributed by atoms with Crippen molar-refractivity contribution >= 4 is 17.6 Å². The number of amidine groups is 1. The van der Waals surface area contributed by atoms with E-state index < -0.39 is 47.2 Å². The Balaban J connectivity index is 1.71. The zero-order valence-electron chi connectivity index (χ0n) is 17.3. The lowest BCUT2D eigenvalue weighted by molar-refractivity contribution is 0.0367. The molecule has 1 aliphatic carbocycles. The average Bonchev–Trinajstić information content (AvgIpc) is 3.58. The van der Waals surface area contributed by atoms with E-state index in [1.165, 1.54) is 25.4 Å². The van der Waals surface area contributed by atoms with Crippen LogP contribution in [0.4, 0.5) is 18.9 Å². The number of alkyl halides is 2. The van der Waals surface area contributed by atoms with Crippen molar-refractivity contribution in [3.05, 3.63) is 58.7 Å². The lowest BCUT2D eigenvalue weighted by Crippen LogP contribution is -2.38. The van der Waals surface area contributed by atoms with Gasteiger partial charge in [-0.25, -0.2) is 23.1 Å². The Morgan fingerprint density at radius 2 is 2.27 bits per heavy atom. The number of nitriles is 1. The van der Waals surface area contributed by atoms with E-state index >= 15 is 0 Å². The van der Waals surface area contributed by atoms with E-state index in [0.717, 1.165) is 12.1 Å². The molecule has 3 atom stereocenters. The van der Waals surface area contributed by atoms with Gasteiger partial charge in [0.15, 0.2) is 5.54 Å². The minimum atomic E-state index is -3.09. The quantitative estimate of drug-likeness (QED) is 0.601. The number of hydroxylamine groups is 1. The third-order valence-electron chi connectivity index (χ3n) is 5.56. The highest BCUT2D eigenvalue weighted by Gasteiger charge is 2.62. The number of carbonyl (C=O) groups is 1. The molecule has 2 aromatic rings. The molecular formula is C21H19F3N6O3. The SMILES string of the molecule is COCc1cc(C#N)cnc1C(=O)Nc1ccc(F)c([C@@]2(C(F)F)N=C(N)ON[C@@H]3C[C@@H]32)c1. The smallest absolute Gasteiger partial charge is 0.303 e. The molecule has 1 saturated carbocycles. The van der Waals surface area contributed by atoms with Gasteiger partial charge in [0.25, 0.3) is 12.3 Å². The first-order valence-corrected chi connectivity index (χ1v) is 9.85. The fourth-order valence-corrected chi connectivity index (χ4v) is 3.97. The number of hydrogen-bond acceptors (Lipinski definition) is 8. The molecule has 4 N–H and O–H groups in total. The molecule has 0 saturated heterocycles. The molecule has 0 radical (unpaired) electrons. The highest BCUT2D eigenvalue weighted by Crippen LogP contribution is 2.53. The normalized spacial score (nSPS) is 23.6. The van der Waals surface area contributed by atoms with Gasteiger partial charge >= 0.3 is 6.02 Å². The number of benzene rings is 1. The van der Waals surface area contributed by atoms with E-state index in [2.05, 4.69) is 20.8 Å². The first-order valence-electron chi connectivity index (χ1n) is 9.85. The number of nitrogens with one attached hydrogen (secondary N) is 2. The van der Waals surface area contributed by atoms with Crippen molar-refractivity contribution in [2.75, 3.05) is 12.4 Å². The highest BCUT2D eigenvalue weighted by molar-refractivity contribution is 6.04. The number of aromatic nitrogens is 1. The number of aliphatic imine (C=N–C) groups is 1. The first kappa shape index (κ1) is 22.5. The van der Waals surface area contributed by atoms with Gasteiger partial charge in [0.1, 0.15) is 17.6 Å². The van der Waals surface area contributed by atoms with Crippen molar-refractivity contribution in [2.24, 2.45) is 16.6 Å². The van der Waals surface area contributed by atoms with Crippen molar-refractivity contribution < 1.29 is 27.5 Å². The molecule has 1 aromatic heterocycles. The van der Waals surface area contributed by atoms with Gasteiger partial charge in [0.2, 0.25) is 0 Å². The summed E-state index contributed by atoms with van der Waals surface area (Å²) in [7, 11) is 1.42. The zero-order chi connectivity index (χ0) is 23.8. The standard InChI is InChI=1S/C21H19F3N6O3/c1-32-9-11-4-10(7-25)8-27-17(11)18(31)28-12-2-3-15(22)13(5-12)21(19(23)24)14-6-16(14)30-33-20(26)29-21/h2-5,8,14,16,19,30H,6,9H2,1H3,(H2,26,29)(H,28,31)/t14-,16+,21+/m0/s1. The van der Waals surface area contributed by atoms with Crippen molar-refractivity contribution in [3.63, 3.8) is 0 Å². The van der Waals surface area contributed by atoms with Crippen LogP contribution in [0.5, 0.6) is 0 Å². The molecule has 9 nitrogen and oxygen atoms in total. The molecule has 1 aliphatic heterocycles. The van der Waals surface area contributed by atoms with Crippen LogP contribution >= 0.6 is 0 Å². The summed E-state index contributed by atoms with van der Waals surface area (Å²) < 4.78 is 48.7. The summed E-state index contributed by atoms with van der Waals surface area (Å²) in [5.41, 5.74) is 6.04. The first-order chi connectivity index (χ1) is 15.8. The lowest BCUT2D eigenvalue weighted by atomic mass is 9.84. The van der Waals surface area contributed by atoms with Crippen molar-refractivity contribution in [1.82, 2.24) is 10.5 Å². The second kappa shape index (κ2) is 8.68. The third kappa shape index (κ3) is 4.08. The number of hydrogen-bond donors (Lipinski definition) is 3. The maximum atomic E-state index is 14.8. The van der Waals surface area contributed by atoms with Crippen molar-refractivity contribution in [3.8, 4) is 6.07 Å². The molecule has 12 heteroatoms. The summed E-state index contributed by atoms with van der Waals surface area (Å²) in [6.07, 6.45) is -1.59. The second-order valence-electron chi connectivity index (χ2n) is 7.67. The molecule has 0 unspecified atom stereocenters. The Kier molecular flexibility index (Phi) is 5.92. The Morgan fingerprint density at radius 3 is 2.97 bits per heavy atom. The largest absolute Gasteiger partial charge is 0.380 e. The molecule has 0 bridgehead atoms. The van der Waals surface area contributed by atoms with Crippen LogP contribution in [-0.2, 0) is 21.7 Å². The number of nitrogens with zero attached hydrogens (tertiary/aromatic N) is 3. The summed E-state index contributed by atoms with van der Waals surface area (Å²) >= 11 is 0. The molecule has 2 aliphatic rings. The van der Waals surface area contributed by atoms with Gasteiger partial charge in [-0.3, -0.25) is 4.79 Å². The van der Waals surface area contributed by atoms with E-state index in [-0.39, 0.29) is 30.0 Å². The Bertz CT molecular complexity index is 1170. The predicted molar refractivity (Wildman–Crippen MR) is 109 cm³/mol. The molecule has 1 amide bonds. The van der Waals surface area contributed by atoms with E-state index in [1.54, 1.807) is 0 Å². The number of ether oxygens (including phenoxy) is 1. The number of pyridine rings is 1. The monoisotopic (exact) mass is 460 g/mol. The Hall–Kier alpha value is -3.69. The number of fused-ring (bicyclic) bond motifs is 1. The van der Waals surface area contributed by atoms with Gasteiger partial charge in [-0.1, -0.05) is 0 Å². The summed E-state index contributed by atoms with van der Waals surface area (Å²) in [5, 5.41) is 11.6. The van der Waals surface area contributed by atoms with Crippen LogP contribution in [0.25, 0.3) is 0 Å². The number of nitrogens with two attached hydrogens (primary N) is 1. The minimum Gasteiger partial charge on any atom is -0.380 e. The zero-order valence-corrected chi connectivity index (χ0v) is 17.3. The van der Waals surface area contributed by atoms with Crippen LogP contribution < -0.4 is 16.5 Å². The Labute approximate surface area is 186 Å². The summed E-state index contributed by atoms with van der Waals surface area (Å²) in [5.74, 6) is -2.37. The van der Waals surface area contributed by atoms with Gasteiger partial charge in [-0.15, -0.1) is 5.48 Å². The Morgan fingerprint density at radius 1 is 1.48 bits per heavy atom. The predicted octanol–water partition coefficient (Wildman–Crippen LogP) is 2.19. The lowest BCUT2D eigenvalue weighted by Gasteiger charge is -2.29. The molecule has 1 aromatic carbocycles. The van der Waals surface area contributed by atoms with Gasteiger partial charge < -0.3 is 20.6 Å². The van der Waals surface area contributed by atoms with Crippen LogP contribution in [0.2, 0.25) is 0 Å². The van der Waals surface area contributed by atoms with E-state index in [1.807, 2.05) is 6.07 Å². The molecule has 172 valence electrons.